The lowest BCUT2D eigenvalue weighted by molar-refractivity contribution is 1.13. The van der Waals surface area contributed by atoms with Gasteiger partial charge >= 0.3 is 0 Å². The summed E-state index contributed by atoms with van der Waals surface area (Å²) in [5, 5.41) is 6.39. The number of fused-ring (bicyclic) bond motifs is 1. The number of aromatic nitrogens is 1. The molecular weight excluding hydrogens is 445 g/mol. The van der Waals surface area contributed by atoms with Crippen LogP contribution < -0.4 is 25.7 Å². The number of hydrogen-bond donors (Lipinski definition) is 0. The molecule has 4 aromatic carbocycles. The van der Waals surface area contributed by atoms with Crippen LogP contribution in [0.4, 0.5) is 11.4 Å². The number of benzene rings is 4. The lowest BCUT2D eigenvalue weighted by Crippen LogP contribution is -2.21. The fourth-order valence-corrected chi connectivity index (χ4v) is 6.68. The van der Waals surface area contributed by atoms with Crippen LogP contribution in [0.3, 0.4) is 0 Å². The van der Waals surface area contributed by atoms with E-state index in [4.69, 9.17) is 4.98 Å². The van der Waals surface area contributed by atoms with E-state index >= 15 is 0 Å². The van der Waals surface area contributed by atoms with Crippen molar-refractivity contribution in [2.24, 2.45) is 0 Å². The molecule has 0 N–H and O–H groups in total. The highest BCUT2D eigenvalue weighted by molar-refractivity contribution is 7.79. The molecule has 5 rings (SSSR count). The monoisotopic (exact) mass is 475 g/mol. The molecule has 1 aromatic heterocycles. The number of nitrogens with zero attached hydrogens (tertiary/aromatic N) is 3. The van der Waals surface area contributed by atoms with E-state index in [0.717, 1.165) is 11.3 Å². The van der Waals surface area contributed by atoms with E-state index in [1.165, 1.54) is 38.1 Å². The zero-order valence-electron chi connectivity index (χ0n) is 20.7. The Morgan fingerprint density at radius 2 is 1.17 bits per heavy atom. The standard InChI is InChI=1S/C31H30N3P/c1-33(2)25-12-16-27(17-13-25)35(28-18-14-26(15-19-28)34(3)4)29-10-7-9-24(22-29)31-30-11-6-5-8-23(30)20-21-32-31/h5-22H,1-4H3. The van der Waals surface area contributed by atoms with Crippen LogP contribution >= 0.6 is 7.92 Å². The van der Waals surface area contributed by atoms with Crippen LogP contribution in [-0.2, 0) is 0 Å². The zero-order chi connectivity index (χ0) is 24.4. The Bertz CT molecular complexity index is 1380. The summed E-state index contributed by atoms with van der Waals surface area (Å²) in [6, 6.07) is 37.5. The van der Waals surface area contributed by atoms with Crippen molar-refractivity contribution in [2.45, 2.75) is 0 Å². The maximum Gasteiger partial charge on any atom is 0.0780 e. The topological polar surface area (TPSA) is 19.4 Å². The highest BCUT2D eigenvalue weighted by Gasteiger charge is 2.18. The van der Waals surface area contributed by atoms with Gasteiger partial charge in [0.2, 0.25) is 0 Å². The molecule has 0 spiro atoms. The second-order valence-electron chi connectivity index (χ2n) is 9.09. The Labute approximate surface area is 209 Å². The van der Waals surface area contributed by atoms with E-state index in [-0.39, 0.29) is 0 Å². The number of rotatable bonds is 6. The van der Waals surface area contributed by atoms with Crippen LogP contribution in [0.25, 0.3) is 22.0 Å². The van der Waals surface area contributed by atoms with E-state index in [2.05, 4.69) is 141 Å². The largest absolute Gasteiger partial charge is 0.378 e. The summed E-state index contributed by atoms with van der Waals surface area (Å²) in [5.74, 6) is 0. The minimum absolute atomic E-state index is 0.724. The summed E-state index contributed by atoms with van der Waals surface area (Å²) >= 11 is 0. The first-order chi connectivity index (χ1) is 17.0. The molecule has 4 heteroatoms. The molecule has 0 radical (unpaired) electrons. The first-order valence-corrected chi connectivity index (χ1v) is 13.1. The average molecular weight is 476 g/mol. The van der Waals surface area contributed by atoms with E-state index in [0.29, 0.717) is 0 Å². The zero-order valence-corrected chi connectivity index (χ0v) is 21.6. The summed E-state index contributed by atoms with van der Waals surface area (Å²) in [5.41, 5.74) is 4.60. The fourth-order valence-electron chi connectivity index (χ4n) is 4.39. The summed E-state index contributed by atoms with van der Waals surface area (Å²) in [4.78, 5) is 9.07. The second kappa shape index (κ2) is 9.90. The van der Waals surface area contributed by atoms with Gasteiger partial charge in [0.25, 0.3) is 0 Å². The van der Waals surface area contributed by atoms with Crippen LogP contribution in [0.5, 0.6) is 0 Å². The van der Waals surface area contributed by atoms with E-state index in [9.17, 15) is 0 Å². The third-order valence-electron chi connectivity index (χ3n) is 6.30. The molecule has 35 heavy (non-hydrogen) atoms. The molecule has 0 unspecified atom stereocenters. The van der Waals surface area contributed by atoms with E-state index < -0.39 is 7.92 Å². The molecule has 174 valence electrons. The number of hydrogen-bond acceptors (Lipinski definition) is 3. The maximum atomic E-state index is 4.78. The normalized spacial score (nSPS) is 11.1. The van der Waals surface area contributed by atoms with Gasteiger partial charge < -0.3 is 9.80 Å². The minimum Gasteiger partial charge on any atom is -0.378 e. The Hall–Kier alpha value is -3.68. The van der Waals surface area contributed by atoms with Gasteiger partial charge in [-0.3, -0.25) is 4.98 Å². The molecule has 0 aliphatic heterocycles. The van der Waals surface area contributed by atoms with Crippen LogP contribution in [0.1, 0.15) is 0 Å². The predicted octanol–water partition coefficient (Wildman–Crippen LogP) is 5.79. The van der Waals surface area contributed by atoms with Crippen LogP contribution in [-0.4, -0.2) is 33.2 Å². The quantitative estimate of drug-likeness (QED) is 0.290. The predicted molar refractivity (Wildman–Crippen MR) is 155 cm³/mol. The lowest BCUT2D eigenvalue weighted by Gasteiger charge is -2.22. The van der Waals surface area contributed by atoms with Crippen molar-refractivity contribution in [3.63, 3.8) is 0 Å². The SMILES string of the molecule is CN(C)c1ccc(P(c2ccc(N(C)C)cc2)c2cccc(-c3nccc4ccccc34)c2)cc1. The molecule has 0 fully saturated rings. The molecule has 1 heterocycles. The smallest absolute Gasteiger partial charge is 0.0780 e. The molecule has 0 atom stereocenters. The molecule has 0 aliphatic carbocycles. The first-order valence-electron chi connectivity index (χ1n) is 11.8. The fraction of sp³-hybridized carbons (Fsp3) is 0.129. The molecule has 5 aromatic rings. The highest BCUT2D eigenvalue weighted by atomic mass is 31.1. The second-order valence-corrected chi connectivity index (χ2v) is 11.3. The van der Waals surface area contributed by atoms with Gasteiger partial charge in [-0.15, -0.1) is 0 Å². The molecule has 3 nitrogen and oxygen atoms in total. The number of pyridine rings is 1. The van der Waals surface area contributed by atoms with E-state index in [1.54, 1.807) is 0 Å². The van der Waals surface area contributed by atoms with Gasteiger partial charge in [0, 0.05) is 56.7 Å². The summed E-state index contributed by atoms with van der Waals surface area (Å²) < 4.78 is 0. The first kappa shape index (κ1) is 23.1. The van der Waals surface area contributed by atoms with Gasteiger partial charge in [0.05, 0.1) is 5.69 Å². The third-order valence-corrected chi connectivity index (χ3v) is 8.72. The minimum atomic E-state index is -0.724. The highest BCUT2D eigenvalue weighted by Crippen LogP contribution is 2.36. The Morgan fingerprint density at radius 3 is 1.77 bits per heavy atom. The summed E-state index contributed by atoms with van der Waals surface area (Å²) in [7, 11) is 7.60. The summed E-state index contributed by atoms with van der Waals surface area (Å²) in [6.45, 7) is 0. The molecule has 0 bridgehead atoms. The van der Waals surface area contributed by atoms with Crippen molar-refractivity contribution < 1.29 is 0 Å². The average Bonchev–Trinajstić information content (AvgIpc) is 2.89. The Morgan fingerprint density at radius 1 is 0.571 bits per heavy atom. The molecule has 0 aliphatic rings. The van der Waals surface area contributed by atoms with Gasteiger partial charge in [-0.05, 0) is 65.6 Å². The Kier molecular flexibility index (Phi) is 6.53. The van der Waals surface area contributed by atoms with Crippen molar-refractivity contribution in [3.8, 4) is 11.3 Å². The summed E-state index contributed by atoms with van der Waals surface area (Å²) in [6.07, 6.45) is 1.91. The van der Waals surface area contributed by atoms with Crippen molar-refractivity contribution >= 4 is 46.0 Å². The molecule has 0 saturated carbocycles. The molecular formula is C31H30N3P. The van der Waals surface area contributed by atoms with Crippen molar-refractivity contribution in [1.29, 1.82) is 0 Å². The molecule has 0 amide bonds. The van der Waals surface area contributed by atoms with Crippen LogP contribution in [0.2, 0.25) is 0 Å². The Balaban J connectivity index is 1.64. The van der Waals surface area contributed by atoms with Crippen LogP contribution in [0.15, 0.2) is 109 Å². The van der Waals surface area contributed by atoms with Gasteiger partial charge in [0.1, 0.15) is 0 Å². The van der Waals surface area contributed by atoms with E-state index in [1.807, 2.05) is 6.20 Å². The third kappa shape index (κ3) is 4.78. The van der Waals surface area contributed by atoms with Crippen LogP contribution in [0, 0.1) is 0 Å². The number of anilines is 2. The van der Waals surface area contributed by atoms with Gasteiger partial charge in [0.15, 0.2) is 0 Å². The van der Waals surface area contributed by atoms with Crippen molar-refractivity contribution in [3.05, 3.63) is 109 Å². The molecule has 0 saturated heterocycles. The van der Waals surface area contributed by atoms with Crippen molar-refractivity contribution in [1.82, 2.24) is 4.98 Å². The maximum absolute atomic E-state index is 4.78. The van der Waals surface area contributed by atoms with Gasteiger partial charge in [-0.2, -0.15) is 0 Å². The van der Waals surface area contributed by atoms with Gasteiger partial charge in [-0.25, -0.2) is 0 Å². The lowest BCUT2D eigenvalue weighted by atomic mass is 10.0. The van der Waals surface area contributed by atoms with Crippen molar-refractivity contribution in [2.75, 3.05) is 38.0 Å². The van der Waals surface area contributed by atoms with Gasteiger partial charge in [-0.1, -0.05) is 66.7 Å².